The average Bonchev–Trinajstić information content (AvgIpc) is 2.90. The number of esters is 1. The molecule has 1 aliphatic carbocycles. The molecule has 0 saturated heterocycles. The third-order valence-electron chi connectivity index (χ3n) is 3.71. The second-order valence-corrected chi connectivity index (χ2v) is 5.16. The van der Waals surface area contributed by atoms with Crippen molar-refractivity contribution in [3.63, 3.8) is 0 Å². The predicted molar refractivity (Wildman–Crippen MR) is 87.8 cm³/mol. The minimum Gasteiger partial charge on any atom is -0.466 e. The molecule has 0 radical (unpaired) electrons. The van der Waals surface area contributed by atoms with Gasteiger partial charge >= 0.3 is 5.97 Å². The highest BCUT2D eigenvalue weighted by atomic mass is 16.6. The van der Waals surface area contributed by atoms with Crippen LogP contribution >= 0.6 is 0 Å². The van der Waals surface area contributed by atoms with E-state index in [1.807, 2.05) is 18.2 Å². The van der Waals surface area contributed by atoms with Gasteiger partial charge in [0, 0.05) is 5.56 Å². The van der Waals surface area contributed by atoms with E-state index in [2.05, 4.69) is 0 Å². The smallest absolute Gasteiger partial charge is 0.310 e. The monoisotopic (exact) mass is 325 g/mol. The van der Waals surface area contributed by atoms with Crippen molar-refractivity contribution in [3.8, 4) is 22.5 Å². The van der Waals surface area contributed by atoms with Crippen LogP contribution in [0.2, 0.25) is 0 Å². The zero-order chi connectivity index (χ0) is 17.1. The van der Waals surface area contributed by atoms with Gasteiger partial charge in [-0.3, -0.25) is 14.9 Å². The van der Waals surface area contributed by atoms with E-state index in [9.17, 15) is 14.9 Å². The van der Waals surface area contributed by atoms with Gasteiger partial charge in [0.2, 0.25) is 0 Å². The van der Waals surface area contributed by atoms with Gasteiger partial charge in [0.1, 0.15) is 5.76 Å². The predicted octanol–water partition coefficient (Wildman–Crippen LogP) is 4.07. The van der Waals surface area contributed by atoms with E-state index in [1.165, 1.54) is 6.26 Å². The van der Waals surface area contributed by atoms with Gasteiger partial charge in [-0.05, 0) is 24.6 Å². The molecule has 0 unspecified atom stereocenters. The summed E-state index contributed by atoms with van der Waals surface area (Å²) in [5.41, 5.74) is 1.90. The van der Waals surface area contributed by atoms with Crippen LogP contribution in [0.3, 0.4) is 0 Å². The Morgan fingerprint density at radius 3 is 2.62 bits per heavy atom. The van der Waals surface area contributed by atoms with Crippen LogP contribution in [-0.2, 0) is 16.0 Å². The Labute approximate surface area is 138 Å². The van der Waals surface area contributed by atoms with E-state index in [-0.39, 0.29) is 24.3 Å². The number of benzene rings is 1. The Kier molecular flexibility index (Phi) is 4.29. The van der Waals surface area contributed by atoms with Gasteiger partial charge in [0.15, 0.2) is 0 Å². The summed E-state index contributed by atoms with van der Waals surface area (Å²) in [4.78, 5) is 23.2. The molecule has 0 bridgehead atoms. The van der Waals surface area contributed by atoms with Crippen molar-refractivity contribution in [3.05, 3.63) is 64.4 Å². The van der Waals surface area contributed by atoms with Crippen molar-refractivity contribution in [2.45, 2.75) is 13.3 Å². The summed E-state index contributed by atoms with van der Waals surface area (Å²) >= 11 is 0. The van der Waals surface area contributed by atoms with Gasteiger partial charge in [-0.15, -0.1) is 0 Å². The Morgan fingerprint density at radius 1 is 1.21 bits per heavy atom. The van der Waals surface area contributed by atoms with Gasteiger partial charge in [0.05, 0.1) is 35.3 Å². The number of nitro groups is 1. The summed E-state index contributed by atoms with van der Waals surface area (Å²) in [5, 5.41) is 11.7. The van der Waals surface area contributed by atoms with E-state index in [0.29, 0.717) is 22.5 Å². The van der Waals surface area contributed by atoms with Crippen LogP contribution < -0.4 is 0 Å². The van der Waals surface area contributed by atoms with Crippen molar-refractivity contribution in [1.29, 1.82) is 0 Å². The molecule has 6 heteroatoms. The molecule has 0 saturated carbocycles. The highest BCUT2D eigenvalue weighted by Gasteiger charge is 2.34. The van der Waals surface area contributed by atoms with Gasteiger partial charge in [-0.2, -0.15) is 0 Å². The van der Waals surface area contributed by atoms with Crippen molar-refractivity contribution in [2.75, 3.05) is 6.61 Å². The molecular weight excluding hydrogens is 310 g/mol. The summed E-state index contributed by atoms with van der Waals surface area (Å²) in [6.45, 7) is 1.91. The lowest BCUT2D eigenvalue weighted by Crippen LogP contribution is -2.08. The summed E-state index contributed by atoms with van der Waals surface area (Å²) < 4.78 is 10.4. The minimum absolute atomic E-state index is 0.112. The lowest BCUT2D eigenvalue weighted by Gasteiger charge is -2.02. The second kappa shape index (κ2) is 6.54. The number of carbonyl (C=O) groups is 1. The lowest BCUT2D eigenvalue weighted by molar-refractivity contribution is -0.384. The van der Waals surface area contributed by atoms with Crippen LogP contribution in [0.4, 0.5) is 5.69 Å². The second-order valence-electron chi connectivity index (χ2n) is 5.16. The van der Waals surface area contributed by atoms with Gasteiger partial charge in [-0.1, -0.05) is 30.3 Å². The first-order valence-corrected chi connectivity index (χ1v) is 7.51. The number of hydrogen-bond donors (Lipinski definition) is 0. The van der Waals surface area contributed by atoms with Crippen LogP contribution in [0, 0.1) is 10.1 Å². The van der Waals surface area contributed by atoms with Gasteiger partial charge in [-0.25, -0.2) is 0 Å². The van der Waals surface area contributed by atoms with Crippen LogP contribution in [0.5, 0.6) is 0 Å². The molecule has 6 nitrogen and oxygen atoms in total. The molecule has 3 rings (SSSR count). The molecule has 0 atom stereocenters. The first kappa shape index (κ1) is 15.7. The fourth-order valence-electron chi connectivity index (χ4n) is 2.82. The largest absolute Gasteiger partial charge is 0.466 e. The average molecular weight is 325 g/mol. The number of nitrogens with zero attached hydrogens (tertiary/aromatic N) is 1. The van der Waals surface area contributed by atoms with Gasteiger partial charge in [0.25, 0.3) is 5.69 Å². The first-order chi connectivity index (χ1) is 11.6. The topological polar surface area (TPSA) is 82.6 Å². The molecule has 1 aromatic carbocycles. The maximum Gasteiger partial charge on any atom is 0.310 e. The molecule has 24 heavy (non-hydrogen) atoms. The van der Waals surface area contributed by atoms with Crippen molar-refractivity contribution < 1.29 is 18.9 Å². The van der Waals surface area contributed by atoms with Crippen molar-refractivity contribution in [1.82, 2.24) is 0 Å². The van der Waals surface area contributed by atoms with Gasteiger partial charge < -0.3 is 9.15 Å². The highest BCUT2D eigenvalue weighted by Crippen LogP contribution is 2.47. The Morgan fingerprint density at radius 2 is 1.96 bits per heavy atom. The fraction of sp³-hybridized carbons (Fsp3) is 0.167. The summed E-state index contributed by atoms with van der Waals surface area (Å²) in [7, 11) is 0. The maximum atomic E-state index is 11.9. The molecule has 1 aromatic rings. The van der Waals surface area contributed by atoms with E-state index >= 15 is 0 Å². The molecule has 0 aromatic heterocycles. The quantitative estimate of drug-likeness (QED) is 0.401. The Hall–Kier alpha value is -3.15. The van der Waals surface area contributed by atoms with Crippen molar-refractivity contribution in [2.24, 2.45) is 0 Å². The summed E-state index contributed by atoms with van der Waals surface area (Å²) in [6.07, 6.45) is 1.23. The van der Waals surface area contributed by atoms with Crippen LogP contribution in [-0.4, -0.2) is 17.5 Å². The number of hydrogen-bond acceptors (Lipinski definition) is 5. The molecule has 1 heterocycles. The molecule has 122 valence electrons. The molecule has 0 N–H and O–H groups in total. The van der Waals surface area contributed by atoms with Crippen LogP contribution in [0.25, 0.3) is 22.5 Å². The van der Waals surface area contributed by atoms with Crippen molar-refractivity contribution >= 4 is 11.7 Å². The zero-order valence-electron chi connectivity index (χ0n) is 13.0. The highest BCUT2D eigenvalue weighted by molar-refractivity contribution is 5.97. The molecule has 0 fully saturated rings. The molecule has 2 aliphatic rings. The number of carbonyl (C=O) groups excluding carboxylic acids is 1. The van der Waals surface area contributed by atoms with E-state index in [0.717, 1.165) is 0 Å². The Balaban J connectivity index is 2.26. The van der Waals surface area contributed by atoms with Crippen LogP contribution in [0.15, 0.2) is 53.1 Å². The third-order valence-corrected chi connectivity index (χ3v) is 3.71. The maximum absolute atomic E-state index is 11.9. The third kappa shape index (κ3) is 2.74. The zero-order valence-corrected chi connectivity index (χ0v) is 13.0. The molecule has 0 spiro atoms. The Bertz CT molecular complexity index is 853. The normalized spacial score (nSPS) is 10.7. The number of rotatable bonds is 5. The summed E-state index contributed by atoms with van der Waals surface area (Å²) in [5.74, 6) is -0.178. The standard InChI is InChI=1S/C18H15NO5/c1-2-23-15(20)11-14-17(19(21)22)16(12-7-4-3-5-8-12)13-9-6-10-24-18(13)14/h3-10H,2,11H2,1H3. The first-order valence-electron chi connectivity index (χ1n) is 7.51. The molecular formula is C18H15NO5. The molecule has 1 aliphatic heterocycles. The number of ether oxygens (including phenoxy) is 1. The number of fused-ring (bicyclic) bond motifs is 1. The van der Waals surface area contributed by atoms with E-state index in [4.69, 9.17) is 9.15 Å². The fourth-order valence-corrected chi connectivity index (χ4v) is 2.82. The molecule has 0 amide bonds. The SMILES string of the molecule is CCOC(=O)Cc1c2occcc-2c(-c2ccccc2)c1[N+](=O)[O-]. The van der Waals surface area contributed by atoms with E-state index < -0.39 is 10.9 Å². The minimum atomic E-state index is -0.522. The van der Waals surface area contributed by atoms with Crippen LogP contribution in [0.1, 0.15) is 12.5 Å². The van der Waals surface area contributed by atoms with E-state index in [1.54, 1.807) is 31.2 Å². The summed E-state index contributed by atoms with van der Waals surface area (Å²) in [6, 6.07) is 12.5. The lowest BCUT2D eigenvalue weighted by atomic mass is 10.0.